The first-order valence-corrected chi connectivity index (χ1v) is 7.71. The van der Waals surface area contributed by atoms with Gasteiger partial charge >= 0.3 is 5.97 Å². The fourth-order valence-corrected chi connectivity index (χ4v) is 2.01. The quantitative estimate of drug-likeness (QED) is 0.347. The van der Waals surface area contributed by atoms with Crippen LogP contribution in [0.25, 0.3) is 0 Å². The maximum atomic E-state index is 12.1. The summed E-state index contributed by atoms with van der Waals surface area (Å²) < 4.78 is 22.6. The number of carbonyl (C=O) groups is 2. The Labute approximate surface area is 135 Å². The molecule has 0 atom stereocenters. The molecule has 0 unspecified atom stereocenters. The minimum Gasteiger partial charge on any atom is -0.476 e. The SMILES string of the molecule is CCOC(=O)c1c(OCC)nn(CC(OCC)OCC)c1C=O. The molecule has 0 aliphatic carbocycles. The van der Waals surface area contributed by atoms with Crippen LogP contribution in [0.2, 0.25) is 0 Å². The molecular formula is C15H24N2O6. The van der Waals surface area contributed by atoms with Gasteiger partial charge in [0.05, 0.1) is 19.8 Å². The predicted octanol–water partition coefficient (Wildman–Crippen LogP) is 1.67. The molecule has 1 heterocycles. The lowest BCUT2D eigenvalue weighted by Gasteiger charge is -2.17. The molecule has 1 rings (SSSR count). The molecule has 0 radical (unpaired) electrons. The van der Waals surface area contributed by atoms with Crippen LogP contribution in [0.1, 0.15) is 48.5 Å². The summed E-state index contributed by atoms with van der Waals surface area (Å²) in [5.41, 5.74) is 0.103. The maximum absolute atomic E-state index is 12.1. The first kappa shape index (κ1) is 19.1. The second kappa shape index (κ2) is 9.96. The number of rotatable bonds is 11. The molecule has 0 aromatic carbocycles. The zero-order valence-corrected chi connectivity index (χ0v) is 14.0. The number of ether oxygens (including phenoxy) is 4. The van der Waals surface area contributed by atoms with Crippen molar-refractivity contribution in [3.05, 3.63) is 11.3 Å². The van der Waals surface area contributed by atoms with Crippen molar-refractivity contribution in [3.63, 3.8) is 0 Å². The topological polar surface area (TPSA) is 88.9 Å². The molecule has 0 fully saturated rings. The molecule has 1 aromatic rings. The molecule has 0 saturated heterocycles. The van der Waals surface area contributed by atoms with E-state index >= 15 is 0 Å². The van der Waals surface area contributed by atoms with E-state index in [0.29, 0.717) is 26.1 Å². The molecule has 8 heteroatoms. The number of esters is 1. The molecule has 0 amide bonds. The number of aromatic nitrogens is 2. The van der Waals surface area contributed by atoms with Gasteiger partial charge in [0, 0.05) is 13.2 Å². The van der Waals surface area contributed by atoms with Gasteiger partial charge in [0.2, 0.25) is 5.88 Å². The fourth-order valence-electron chi connectivity index (χ4n) is 2.01. The van der Waals surface area contributed by atoms with Crippen molar-refractivity contribution in [1.29, 1.82) is 0 Å². The van der Waals surface area contributed by atoms with Gasteiger partial charge in [0.25, 0.3) is 0 Å². The molecule has 0 N–H and O–H groups in total. The Morgan fingerprint density at radius 3 is 2.26 bits per heavy atom. The fraction of sp³-hybridized carbons (Fsp3) is 0.667. The number of hydrogen-bond donors (Lipinski definition) is 0. The summed E-state index contributed by atoms with van der Waals surface area (Å²) >= 11 is 0. The Hall–Kier alpha value is -1.93. The number of aldehydes is 1. The summed E-state index contributed by atoms with van der Waals surface area (Å²) in [5, 5.41) is 4.18. The standard InChI is InChI=1S/C15H24N2O6/c1-5-20-12(21-6-2)9-17-11(10-18)13(15(19)23-8-4)14(16-17)22-7-3/h10,12H,5-9H2,1-4H3. The molecule has 0 aliphatic rings. The van der Waals surface area contributed by atoms with Gasteiger partial charge in [-0.1, -0.05) is 0 Å². The summed E-state index contributed by atoms with van der Waals surface area (Å²) in [6.45, 7) is 8.68. The second-order valence-corrected chi connectivity index (χ2v) is 4.36. The smallest absolute Gasteiger partial charge is 0.346 e. The summed E-state index contributed by atoms with van der Waals surface area (Å²) in [7, 11) is 0. The van der Waals surface area contributed by atoms with Crippen LogP contribution in [0.3, 0.4) is 0 Å². The average molecular weight is 328 g/mol. The third-order valence-corrected chi connectivity index (χ3v) is 2.86. The third kappa shape index (κ3) is 5.04. The highest BCUT2D eigenvalue weighted by molar-refractivity contribution is 5.99. The van der Waals surface area contributed by atoms with Crippen LogP contribution >= 0.6 is 0 Å². The first-order chi connectivity index (χ1) is 11.1. The Morgan fingerprint density at radius 2 is 1.78 bits per heavy atom. The van der Waals surface area contributed by atoms with Crippen LogP contribution in [0.4, 0.5) is 0 Å². The maximum Gasteiger partial charge on any atom is 0.346 e. The van der Waals surface area contributed by atoms with Gasteiger partial charge in [-0.25, -0.2) is 4.79 Å². The number of hydrogen-bond acceptors (Lipinski definition) is 7. The van der Waals surface area contributed by atoms with Gasteiger partial charge in [-0.2, -0.15) is 0 Å². The van der Waals surface area contributed by atoms with Gasteiger partial charge in [0.15, 0.2) is 18.1 Å². The third-order valence-electron chi connectivity index (χ3n) is 2.86. The highest BCUT2D eigenvalue weighted by atomic mass is 16.7. The largest absolute Gasteiger partial charge is 0.476 e. The van der Waals surface area contributed by atoms with E-state index in [0.717, 1.165) is 0 Å². The summed E-state index contributed by atoms with van der Waals surface area (Å²) in [5.74, 6) is -0.575. The minimum absolute atomic E-state index is 0.0236. The Kier molecular flexibility index (Phi) is 8.28. The molecule has 0 bridgehead atoms. The molecule has 1 aromatic heterocycles. The lowest BCUT2D eigenvalue weighted by atomic mass is 10.2. The Balaban J connectivity index is 3.18. The van der Waals surface area contributed by atoms with Crippen LogP contribution in [-0.2, 0) is 20.8 Å². The van der Waals surface area contributed by atoms with E-state index < -0.39 is 12.3 Å². The normalized spacial score (nSPS) is 10.8. The van der Waals surface area contributed by atoms with Crippen molar-refractivity contribution in [2.75, 3.05) is 26.4 Å². The van der Waals surface area contributed by atoms with E-state index in [2.05, 4.69) is 5.10 Å². The second-order valence-electron chi connectivity index (χ2n) is 4.36. The van der Waals surface area contributed by atoms with Crippen molar-refractivity contribution in [2.45, 2.75) is 40.5 Å². The summed E-state index contributed by atoms with van der Waals surface area (Å²) in [6.07, 6.45) is -0.0235. The van der Waals surface area contributed by atoms with Gasteiger partial charge < -0.3 is 18.9 Å². The highest BCUT2D eigenvalue weighted by Crippen LogP contribution is 2.22. The molecule has 0 aliphatic heterocycles. The Morgan fingerprint density at radius 1 is 1.13 bits per heavy atom. The average Bonchev–Trinajstić information content (AvgIpc) is 2.85. The first-order valence-electron chi connectivity index (χ1n) is 7.71. The Bertz CT molecular complexity index is 508. The molecule has 0 saturated carbocycles. The van der Waals surface area contributed by atoms with Crippen molar-refractivity contribution in [1.82, 2.24) is 9.78 Å². The zero-order valence-electron chi connectivity index (χ0n) is 14.0. The lowest BCUT2D eigenvalue weighted by molar-refractivity contribution is -0.145. The van der Waals surface area contributed by atoms with Crippen molar-refractivity contribution in [3.8, 4) is 5.88 Å². The number of carbonyl (C=O) groups excluding carboxylic acids is 2. The lowest BCUT2D eigenvalue weighted by Crippen LogP contribution is -2.25. The van der Waals surface area contributed by atoms with Crippen molar-refractivity contribution in [2.24, 2.45) is 0 Å². The van der Waals surface area contributed by atoms with Crippen LogP contribution in [-0.4, -0.2) is 54.8 Å². The van der Waals surface area contributed by atoms with Crippen LogP contribution in [0.15, 0.2) is 0 Å². The molecular weight excluding hydrogens is 304 g/mol. The minimum atomic E-state index is -0.645. The van der Waals surface area contributed by atoms with Crippen LogP contribution in [0.5, 0.6) is 5.88 Å². The van der Waals surface area contributed by atoms with Gasteiger partial charge in [0.1, 0.15) is 5.69 Å². The van der Waals surface area contributed by atoms with Crippen molar-refractivity contribution >= 4 is 12.3 Å². The van der Waals surface area contributed by atoms with E-state index in [1.54, 1.807) is 13.8 Å². The van der Waals surface area contributed by atoms with Crippen molar-refractivity contribution < 1.29 is 28.5 Å². The highest BCUT2D eigenvalue weighted by Gasteiger charge is 2.27. The van der Waals surface area contributed by atoms with Crippen LogP contribution in [0, 0.1) is 0 Å². The van der Waals surface area contributed by atoms with E-state index in [1.807, 2.05) is 13.8 Å². The van der Waals surface area contributed by atoms with Crippen LogP contribution < -0.4 is 4.74 Å². The number of nitrogens with zero attached hydrogens (tertiary/aromatic N) is 2. The van der Waals surface area contributed by atoms with E-state index in [1.165, 1.54) is 4.68 Å². The molecule has 23 heavy (non-hydrogen) atoms. The zero-order chi connectivity index (χ0) is 17.2. The summed E-state index contributed by atoms with van der Waals surface area (Å²) in [4.78, 5) is 23.6. The molecule has 0 spiro atoms. The molecule has 130 valence electrons. The van der Waals surface area contributed by atoms with E-state index in [9.17, 15) is 9.59 Å². The summed E-state index contributed by atoms with van der Waals surface area (Å²) in [6, 6.07) is 0. The predicted molar refractivity (Wildman–Crippen MR) is 81.8 cm³/mol. The van der Waals surface area contributed by atoms with E-state index in [4.69, 9.17) is 18.9 Å². The monoisotopic (exact) mass is 328 g/mol. The van der Waals surface area contributed by atoms with Gasteiger partial charge in [-0.05, 0) is 27.7 Å². The van der Waals surface area contributed by atoms with Gasteiger partial charge in [-0.15, -0.1) is 5.10 Å². The van der Waals surface area contributed by atoms with Gasteiger partial charge in [-0.3, -0.25) is 9.48 Å². The van der Waals surface area contributed by atoms with E-state index in [-0.39, 0.29) is 30.3 Å². The molecule has 8 nitrogen and oxygen atoms in total.